The number of ether oxygens (including phenoxy) is 4. The third-order valence-electron chi connectivity index (χ3n) is 27.8. The predicted molar refractivity (Wildman–Crippen MR) is 567 cm³/mol. The molecule has 2 fully saturated rings. The Morgan fingerprint density at radius 2 is 1.11 bits per heavy atom. The average molecular weight is 2040 g/mol. The number of nitrogens with zero attached hydrogens (tertiary/aromatic N) is 5. The number of ketones is 1. The van der Waals surface area contributed by atoms with E-state index in [0.29, 0.717) is 52.5 Å². The molecule has 18 rings (SSSR count). The van der Waals surface area contributed by atoms with Crippen molar-refractivity contribution in [2.45, 2.75) is 210 Å². The van der Waals surface area contributed by atoms with Gasteiger partial charge in [-0.05, 0) is 217 Å². The SMILES string of the molecule is C#CCOc1ccc(C[C@H](NC(=O)OCC2c3ccccc3-c3ccccc32)C(C)=O)cc1.CN[C@@H](C)C(=O)N[C@H](C(=O)N1C[C@@H]2C[C@H]1C(=O)N[C@@H](Cc1ccc3ccccc3c1)CC[C@H](C(=O)NS(=O)(=O)c1ccccc1)Cc1ccc(cc1)OC/C=C/C[C@H]1C[C@@H](C(=O)N[C@@H](Cc3ccc4ccccc4c3)C(=O)N[C@H](C(=O)O)Cc3ccc(cc3)OCc3cn2nn3)N(C(=O)[C@@H](NC(=O)[C@H](C)NC)C(C)(C)C)C1)C(C)(C)C. The summed E-state index contributed by atoms with van der Waals surface area (Å²) in [5.74, 6) is -3.50. The number of sulfonamides is 1. The highest BCUT2D eigenvalue weighted by Crippen LogP contribution is 2.45. The van der Waals surface area contributed by atoms with Gasteiger partial charge in [-0.15, -0.1) is 11.5 Å². The topological polar surface area (TPSA) is 425 Å². The Bertz CT molecular complexity index is 6780. The zero-order valence-corrected chi connectivity index (χ0v) is 86.6. The van der Waals surface area contributed by atoms with Crippen LogP contribution in [0.15, 0.2) is 260 Å². The Morgan fingerprint density at radius 1 is 0.577 bits per heavy atom. The zero-order valence-electron chi connectivity index (χ0n) is 85.8. The predicted octanol–water partition coefficient (Wildman–Crippen LogP) is 12.6. The number of aliphatic carboxylic acids is 1. The molecule has 11 aromatic rings. The van der Waals surface area contributed by atoms with Crippen molar-refractivity contribution < 1.29 is 85.2 Å². The largest absolute Gasteiger partial charge is 0.490 e. The number of carboxylic acid groups (broad SMARTS) is 1. The molecule has 7 heterocycles. The lowest BCUT2D eigenvalue weighted by Crippen LogP contribution is -2.60. The van der Waals surface area contributed by atoms with Crippen molar-refractivity contribution in [1.29, 1.82) is 0 Å². The number of likely N-dealkylation sites (N-methyl/N-ethyl adjacent to an activating group) is 2. The number of allylic oxidation sites excluding steroid dienone is 1. The van der Waals surface area contributed by atoms with Gasteiger partial charge in [0.15, 0.2) is 5.78 Å². The second-order valence-corrected chi connectivity index (χ2v) is 42.5. The fourth-order valence-corrected chi connectivity index (χ4v) is 20.2. The fourth-order valence-electron chi connectivity index (χ4n) is 19.2. The smallest absolute Gasteiger partial charge is 0.407 e. The van der Waals surface area contributed by atoms with E-state index >= 15 is 19.2 Å². The van der Waals surface area contributed by atoms with E-state index in [9.17, 15) is 47.1 Å². The lowest BCUT2D eigenvalue weighted by molar-refractivity contribution is -0.145. The minimum absolute atomic E-state index is 0.0299. The van der Waals surface area contributed by atoms with Crippen molar-refractivity contribution in [2.75, 3.05) is 47.0 Å². The molecule has 149 heavy (non-hydrogen) atoms. The van der Waals surface area contributed by atoms with Crippen LogP contribution in [0.25, 0.3) is 32.7 Å². The Hall–Kier alpha value is -15.4. The van der Waals surface area contributed by atoms with Gasteiger partial charge in [0.2, 0.25) is 47.3 Å². The van der Waals surface area contributed by atoms with Crippen molar-refractivity contribution >= 4 is 96.7 Å². The van der Waals surface area contributed by atoms with E-state index in [4.69, 9.17) is 25.4 Å². The molecule has 0 saturated carbocycles. The highest BCUT2D eigenvalue weighted by molar-refractivity contribution is 7.90. The van der Waals surface area contributed by atoms with Crippen molar-refractivity contribution in [3.8, 4) is 40.7 Å². The van der Waals surface area contributed by atoms with Crippen molar-refractivity contribution in [2.24, 2.45) is 22.7 Å². The van der Waals surface area contributed by atoms with Crippen molar-refractivity contribution in [3.63, 3.8) is 0 Å². The number of nitrogens with one attached hydrogen (secondary N) is 9. The first kappa shape index (κ1) is 109. The van der Waals surface area contributed by atoms with Crippen LogP contribution in [-0.2, 0) is 101 Å². The van der Waals surface area contributed by atoms with Crippen LogP contribution in [-0.4, -0.2) is 211 Å². The van der Waals surface area contributed by atoms with Crippen molar-refractivity contribution in [1.82, 2.24) is 72.1 Å². The van der Waals surface area contributed by atoms with E-state index in [1.807, 2.05) is 175 Å². The minimum Gasteiger partial charge on any atom is -0.490 e. The van der Waals surface area contributed by atoms with E-state index in [0.717, 1.165) is 43.8 Å². The molecule has 13 atom stereocenters. The van der Waals surface area contributed by atoms with Crippen LogP contribution in [0.2, 0.25) is 0 Å². The number of likely N-dealkylation sites (tertiary alicyclic amines) is 2. The number of hydrogen-bond donors (Lipinski definition) is 10. The number of aromatic nitrogens is 3. The first-order chi connectivity index (χ1) is 71.4. The molecule has 10 N–H and O–H groups in total. The summed E-state index contributed by atoms with van der Waals surface area (Å²) in [5, 5.41) is 46.9. The molecule has 0 spiro atoms. The molecule has 2 saturated heterocycles. The summed E-state index contributed by atoms with van der Waals surface area (Å²) in [4.78, 5) is 159. The first-order valence-electron chi connectivity index (χ1n) is 50.4. The molecule has 32 nitrogen and oxygen atoms in total. The monoisotopic (exact) mass is 2040 g/mol. The quantitative estimate of drug-likeness (QED) is 0.0198. The number of rotatable bonds is 24. The number of fused-ring (bicyclic) bond motifs is 5. The Balaban J connectivity index is 0.000000446. The molecule has 7 aliphatic rings. The van der Waals surface area contributed by atoms with Gasteiger partial charge in [0.25, 0.3) is 10.0 Å². The third kappa shape index (κ3) is 28.9. The number of Topliss-reactive ketones (excluding diaryl/α,β-unsaturated/α-hetero) is 1. The highest BCUT2D eigenvalue weighted by atomic mass is 32.2. The molecule has 1 aliphatic carbocycles. The Morgan fingerprint density at radius 3 is 1.68 bits per heavy atom. The Labute approximate surface area is 869 Å². The highest BCUT2D eigenvalue weighted by Gasteiger charge is 2.49. The first-order valence-corrected chi connectivity index (χ1v) is 51.9. The number of benzene rings is 10. The van der Waals surface area contributed by atoms with Crippen LogP contribution < -0.4 is 61.5 Å². The summed E-state index contributed by atoms with van der Waals surface area (Å²) in [6.45, 7) is 16.2. The molecule has 780 valence electrons. The van der Waals surface area contributed by atoms with Gasteiger partial charge in [0.1, 0.15) is 85.6 Å². The van der Waals surface area contributed by atoms with E-state index < -0.39 is 153 Å². The maximum absolute atomic E-state index is 15.6. The standard InChI is InChI=1S/C88H107N13O14S.C28H25NO4/c1-54(89-9)78(102)94-76(87(3,4)5)84(108)99-50-60-20-18-19-41-114-69-37-29-56(30-38-69)42-65(80(104)97-116(112,113)71-25-12-11-13-26-71)35-36-66(45-58-27-33-61-21-14-16-23-63(61)43-58)91-82(106)75-49-68(52-100(75)85(109)77(88(6,7)8)95-79(103)55(2)90-10)101-51-67(96-98-101)53-115-70-39-31-57(32-40-70)46-73(86(110)111)93-81(105)72(92-83(107)74(99)48-60)47-59-28-34-62-22-15-17-24-64(62)44-59;1-3-16-32-21-14-12-20(13-15-21)17-27(19(2)30)29-28(31)33-18-26-24-10-6-4-8-22(24)23-9-5-7-11-25(23)26/h11-19,21-34,37-40,43-44,51,54-55,60,65-66,68,72-77,89-90H,20,35-36,41-42,45-50,52-53H2,1-10H3,(H,91,106)(H,92,107)(H,93,105)(H,94,102)(H,95,103)(H,97,104)(H,110,111);1,4-15,26-27H,16-18H2,2H3,(H,29,31)/b19-18+;/t54-,55-,60-,65-,66+,68-,72-,73-,74-,75-,76+,77+;27-/m00/s1. The van der Waals surface area contributed by atoms with Crippen LogP contribution in [0.4, 0.5) is 4.79 Å². The lowest BCUT2D eigenvalue weighted by Gasteiger charge is -2.36. The van der Waals surface area contributed by atoms with Gasteiger partial charge in [0, 0.05) is 50.2 Å². The number of carboxylic acids is 1. The summed E-state index contributed by atoms with van der Waals surface area (Å²) < 4.78 is 55.3. The van der Waals surface area contributed by atoms with E-state index in [1.165, 1.54) is 40.0 Å². The summed E-state index contributed by atoms with van der Waals surface area (Å²) in [6, 6.07) is 61.3. The molecule has 0 unspecified atom stereocenters. The molecule has 10 aromatic carbocycles. The van der Waals surface area contributed by atoms with Crippen LogP contribution in [0.5, 0.6) is 17.2 Å². The molecule has 33 heteroatoms. The van der Waals surface area contributed by atoms with E-state index in [2.05, 4.69) is 87.8 Å². The molecule has 10 bridgehead atoms. The van der Waals surface area contributed by atoms with Gasteiger partial charge in [-0.2, -0.15) is 0 Å². The maximum Gasteiger partial charge on any atom is 0.407 e. The van der Waals surface area contributed by atoms with Gasteiger partial charge < -0.3 is 76.4 Å². The molecule has 1 aromatic heterocycles. The average Bonchev–Trinajstić information content (AvgIpc) is 1.62. The normalized spacial score (nSPS) is 19.7. The zero-order chi connectivity index (χ0) is 106. The third-order valence-corrected chi connectivity index (χ3v) is 29.2. The number of carbonyl (C=O) groups excluding carboxylic acids is 10. The second kappa shape index (κ2) is 49.9. The molecular formula is C116H132N14O18S. The number of terminal acetylenes is 1. The number of alkyl carbamates (subject to hydrolysis) is 1. The molecule has 0 radical (unpaired) electrons. The van der Waals surface area contributed by atoms with Crippen LogP contribution >= 0.6 is 0 Å². The fraction of sp³-hybridized carbons (Fsp3) is 0.371. The lowest BCUT2D eigenvalue weighted by atomic mass is 9.85. The van der Waals surface area contributed by atoms with Gasteiger partial charge in [0.05, 0.1) is 35.3 Å². The summed E-state index contributed by atoms with van der Waals surface area (Å²) in [5.41, 5.74) is 6.89. The summed E-state index contributed by atoms with van der Waals surface area (Å²) >= 11 is 0. The van der Waals surface area contributed by atoms with E-state index in [1.54, 1.807) is 118 Å². The van der Waals surface area contributed by atoms with E-state index in [-0.39, 0.29) is 113 Å². The molecular weight excluding hydrogens is 1910 g/mol. The molecule has 9 amide bonds. The number of amides is 9. The molecule has 6 aliphatic heterocycles. The maximum atomic E-state index is 15.6. The van der Waals surface area contributed by atoms with Gasteiger partial charge >= 0.3 is 12.1 Å². The second-order valence-electron chi connectivity index (χ2n) is 40.8. The minimum atomic E-state index is -4.37. The Kier molecular flexibility index (Phi) is 36.6. The van der Waals surface area contributed by atoms with Crippen molar-refractivity contribution in [3.05, 3.63) is 300 Å². The summed E-state index contributed by atoms with van der Waals surface area (Å²) in [7, 11) is -1.11. The van der Waals surface area contributed by atoms with Gasteiger partial charge in [-0.3, -0.25) is 43.2 Å². The van der Waals surface area contributed by atoms with Gasteiger partial charge in [-0.25, -0.2) is 27.4 Å². The summed E-state index contributed by atoms with van der Waals surface area (Å²) in [6.07, 6.45) is 11.2. The van der Waals surface area contributed by atoms with Gasteiger partial charge in [-0.1, -0.05) is 253 Å². The number of carbonyl (C=O) groups is 11. The van der Waals surface area contributed by atoms with Crippen LogP contribution in [0, 0.1) is 35.0 Å². The number of hydrogen-bond acceptors (Lipinski definition) is 21. The van der Waals surface area contributed by atoms with Crippen LogP contribution in [0.1, 0.15) is 151 Å². The van der Waals surface area contributed by atoms with Crippen LogP contribution in [0.3, 0.4) is 0 Å².